The third-order valence-electron chi connectivity index (χ3n) is 5.64. The molecule has 1 N–H and O–H groups in total. The van der Waals surface area contributed by atoms with Crippen molar-refractivity contribution in [3.8, 4) is 22.6 Å². The van der Waals surface area contributed by atoms with E-state index in [2.05, 4.69) is 0 Å². The van der Waals surface area contributed by atoms with Crippen molar-refractivity contribution in [1.29, 1.82) is 0 Å². The van der Waals surface area contributed by atoms with Crippen LogP contribution in [0.4, 0.5) is 0 Å². The average molecular weight is 449 g/mol. The van der Waals surface area contributed by atoms with Gasteiger partial charge in [-0.2, -0.15) is 4.31 Å². The number of rotatable bonds is 6. The predicted molar refractivity (Wildman–Crippen MR) is 121 cm³/mol. The van der Waals surface area contributed by atoms with Gasteiger partial charge in [0, 0.05) is 25.0 Å². The van der Waals surface area contributed by atoms with Crippen molar-refractivity contribution in [2.75, 3.05) is 40.9 Å². The Morgan fingerprint density at radius 1 is 1.19 bits per heavy atom. The summed E-state index contributed by atoms with van der Waals surface area (Å²) in [4.78, 5) is 2.16. The second-order valence-corrected chi connectivity index (χ2v) is 10.3. The van der Waals surface area contributed by atoms with Crippen LogP contribution in [-0.4, -0.2) is 75.8 Å². The minimum atomic E-state index is -3.83. The Morgan fingerprint density at radius 2 is 1.84 bits per heavy atom. The number of methoxy groups -OCH3 is 1. The minimum Gasteiger partial charge on any atom is -0.497 e. The summed E-state index contributed by atoms with van der Waals surface area (Å²) >= 11 is 0. The van der Waals surface area contributed by atoms with E-state index >= 15 is 0 Å². The molecule has 0 spiro atoms. The lowest BCUT2D eigenvalue weighted by Crippen LogP contribution is -2.49. The van der Waals surface area contributed by atoms with Crippen LogP contribution in [0.15, 0.2) is 47.4 Å². The molecule has 0 amide bonds. The van der Waals surface area contributed by atoms with E-state index in [1.54, 1.807) is 32.2 Å². The van der Waals surface area contributed by atoms with Crippen molar-refractivity contribution in [2.24, 2.45) is 5.92 Å². The maximum atomic E-state index is 13.5. The van der Waals surface area contributed by atoms with E-state index in [1.807, 2.05) is 50.2 Å². The Labute approximate surface area is 185 Å². The maximum absolute atomic E-state index is 13.5. The lowest BCUT2D eigenvalue weighted by Gasteiger charge is -2.37. The van der Waals surface area contributed by atoms with Crippen LogP contribution in [0.25, 0.3) is 11.1 Å². The third kappa shape index (κ3) is 5.03. The van der Waals surface area contributed by atoms with Gasteiger partial charge in [-0.1, -0.05) is 25.1 Å². The van der Waals surface area contributed by atoms with Crippen molar-refractivity contribution >= 4 is 10.0 Å². The fourth-order valence-corrected chi connectivity index (χ4v) is 5.59. The van der Waals surface area contributed by atoms with Crippen molar-refractivity contribution in [3.05, 3.63) is 42.5 Å². The monoisotopic (exact) mass is 448 g/mol. The molecule has 2 aromatic rings. The van der Waals surface area contributed by atoms with E-state index in [4.69, 9.17) is 9.47 Å². The van der Waals surface area contributed by atoms with Gasteiger partial charge < -0.3 is 19.5 Å². The molecular formula is C23H32N2O5S. The summed E-state index contributed by atoms with van der Waals surface area (Å²) in [6.07, 6.45) is -0.205. The van der Waals surface area contributed by atoms with Gasteiger partial charge in [0.2, 0.25) is 10.0 Å². The first-order valence-corrected chi connectivity index (χ1v) is 11.8. The van der Waals surface area contributed by atoms with Gasteiger partial charge in [0.15, 0.2) is 0 Å². The van der Waals surface area contributed by atoms with E-state index in [0.29, 0.717) is 12.3 Å². The molecule has 0 bridgehead atoms. The molecule has 3 atom stereocenters. The van der Waals surface area contributed by atoms with E-state index < -0.39 is 16.1 Å². The SMILES string of the molecule is COc1ccc(-c2ccc3c(c2)O[C@@H](CN(C)C)[C@@H](C)CN([C@@H](C)CO)S3(=O)=O)cc1. The first kappa shape index (κ1) is 23.5. The zero-order chi connectivity index (χ0) is 22.8. The molecule has 31 heavy (non-hydrogen) atoms. The first-order chi connectivity index (χ1) is 14.7. The van der Waals surface area contributed by atoms with Crippen LogP contribution in [0.3, 0.4) is 0 Å². The number of hydrogen-bond acceptors (Lipinski definition) is 6. The summed E-state index contributed by atoms with van der Waals surface area (Å²) in [5.41, 5.74) is 1.79. The molecule has 8 heteroatoms. The average Bonchev–Trinajstić information content (AvgIpc) is 2.75. The molecule has 0 saturated carbocycles. The topological polar surface area (TPSA) is 79.3 Å². The van der Waals surface area contributed by atoms with Crippen LogP contribution in [0.5, 0.6) is 11.5 Å². The second kappa shape index (κ2) is 9.56. The second-order valence-electron chi connectivity index (χ2n) is 8.39. The number of fused-ring (bicyclic) bond motifs is 1. The predicted octanol–water partition coefficient (Wildman–Crippen LogP) is 2.69. The molecule has 0 unspecified atom stereocenters. The third-order valence-corrected chi connectivity index (χ3v) is 7.66. The summed E-state index contributed by atoms with van der Waals surface area (Å²) < 4.78 is 39.9. The quantitative estimate of drug-likeness (QED) is 0.732. The molecule has 0 radical (unpaired) electrons. The van der Waals surface area contributed by atoms with Gasteiger partial charge in [-0.3, -0.25) is 0 Å². The Balaban J connectivity index is 2.12. The van der Waals surface area contributed by atoms with E-state index in [0.717, 1.165) is 16.9 Å². The normalized spacial score (nSPS) is 22.2. The van der Waals surface area contributed by atoms with Crippen molar-refractivity contribution in [1.82, 2.24) is 9.21 Å². The summed E-state index contributed by atoms with van der Waals surface area (Å²) in [5, 5.41) is 9.71. The summed E-state index contributed by atoms with van der Waals surface area (Å²) in [7, 11) is 1.71. The first-order valence-electron chi connectivity index (χ1n) is 10.4. The number of aliphatic hydroxyl groups excluding tert-OH is 1. The number of sulfonamides is 1. The summed E-state index contributed by atoms with van der Waals surface area (Å²) in [5.74, 6) is 1.02. The van der Waals surface area contributed by atoms with Gasteiger partial charge in [-0.05, 0) is 56.4 Å². The molecule has 0 fully saturated rings. The number of nitrogens with zero attached hydrogens (tertiary/aromatic N) is 2. The fourth-order valence-electron chi connectivity index (χ4n) is 3.77. The van der Waals surface area contributed by atoms with Gasteiger partial charge in [0.25, 0.3) is 0 Å². The largest absolute Gasteiger partial charge is 0.497 e. The zero-order valence-electron chi connectivity index (χ0n) is 18.8. The van der Waals surface area contributed by atoms with Gasteiger partial charge in [-0.25, -0.2) is 8.42 Å². The van der Waals surface area contributed by atoms with Crippen LogP contribution in [-0.2, 0) is 10.0 Å². The summed E-state index contributed by atoms with van der Waals surface area (Å²) in [6, 6.07) is 12.2. The molecule has 0 aliphatic carbocycles. The standard InChI is InChI=1S/C23H32N2O5S/c1-16-13-25(17(2)15-26)31(27,28)23-11-8-19(18-6-9-20(29-5)10-7-18)12-21(23)30-22(16)14-24(3)4/h6-12,16-17,22,26H,13-15H2,1-5H3/t16-,17-,22-/m0/s1. The van der Waals surface area contributed by atoms with Gasteiger partial charge >= 0.3 is 0 Å². The van der Waals surface area contributed by atoms with Crippen molar-refractivity contribution in [3.63, 3.8) is 0 Å². The highest BCUT2D eigenvalue weighted by Crippen LogP contribution is 2.36. The van der Waals surface area contributed by atoms with Crippen LogP contribution in [0.2, 0.25) is 0 Å². The Kier molecular flexibility index (Phi) is 7.26. The molecule has 0 aromatic heterocycles. The number of hydrogen-bond donors (Lipinski definition) is 1. The molecule has 2 aromatic carbocycles. The Morgan fingerprint density at radius 3 is 2.42 bits per heavy atom. The van der Waals surface area contributed by atoms with Gasteiger partial charge in [0.05, 0.1) is 13.7 Å². The highest BCUT2D eigenvalue weighted by Gasteiger charge is 2.37. The molecule has 3 rings (SSSR count). The molecule has 0 saturated heterocycles. The van der Waals surface area contributed by atoms with Crippen LogP contribution in [0.1, 0.15) is 13.8 Å². The molecule has 1 aliphatic heterocycles. The van der Waals surface area contributed by atoms with E-state index in [1.165, 1.54) is 4.31 Å². The number of likely N-dealkylation sites (N-methyl/N-ethyl adjacent to an activating group) is 1. The highest BCUT2D eigenvalue weighted by molar-refractivity contribution is 7.89. The lowest BCUT2D eigenvalue weighted by atomic mass is 10.0. The van der Waals surface area contributed by atoms with E-state index in [-0.39, 0.29) is 30.1 Å². The molecular weight excluding hydrogens is 416 g/mol. The smallest absolute Gasteiger partial charge is 0.247 e. The molecule has 1 aliphatic rings. The number of ether oxygens (including phenoxy) is 2. The minimum absolute atomic E-state index is 0.0658. The number of aliphatic hydroxyl groups is 1. The highest BCUT2D eigenvalue weighted by atomic mass is 32.2. The van der Waals surface area contributed by atoms with Crippen LogP contribution < -0.4 is 9.47 Å². The Hall–Kier alpha value is -2.13. The zero-order valence-corrected chi connectivity index (χ0v) is 19.6. The Bertz CT molecular complexity index is 992. The van der Waals surface area contributed by atoms with Crippen molar-refractivity contribution in [2.45, 2.75) is 30.9 Å². The number of benzene rings is 2. The van der Waals surface area contributed by atoms with Crippen LogP contribution >= 0.6 is 0 Å². The van der Waals surface area contributed by atoms with Gasteiger partial charge in [0.1, 0.15) is 22.5 Å². The molecule has 170 valence electrons. The molecule has 1 heterocycles. The van der Waals surface area contributed by atoms with E-state index in [9.17, 15) is 13.5 Å². The maximum Gasteiger partial charge on any atom is 0.247 e. The fraction of sp³-hybridized carbons (Fsp3) is 0.478. The molecule has 7 nitrogen and oxygen atoms in total. The van der Waals surface area contributed by atoms with Crippen LogP contribution in [0, 0.1) is 5.92 Å². The summed E-state index contributed by atoms with van der Waals surface area (Å²) in [6.45, 7) is 4.39. The van der Waals surface area contributed by atoms with Crippen molar-refractivity contribution < 1.29 is 23.0 Å². The van der Waals surface area contributed by atoms with Gasteiger partial charge in [-0.15, -0.1) is 0 Å². The lowest BCUT2D eigenvalue weighted by molar-refractivity contribution is 0.0813.